The molecule has 1 heteroatoms. The fraction of sp³-hybridized carbons (Fsp3) is 0.400. The molecule has 0 aromatic carbocycles. The molecule has 0 bridgehead atoms. The Morgan fingerprint density at radius 1 is 0.545 bits per heavy atom. The van der Waals surface area contributed by atoms with Crippen LogP contribution in [0.1, 0.15) is 25.7 Å². The summed E-state index contributed by atoms with van der Waals surface area (Å²) in [6.45, 7) is 0. The molecule has 0 radical (unpaired) electrons. The molecule has 1 rings (SSSR count). The van der Waals surface area contributed by atoms with Crippen molar-refractivity contribution >= 4 is 0 Å². The molecule has 0 heterocycles. The topological polar surface area (TPSA) is 0 Å². The van der Waals surface area contributed by atoms with Gasteiger partial charge in [-0.3, -0.25) is 0 Å². The normalized spacial score (nSPS) is 17.5. The van der Waals surface area contributed by atoms with Crippen molar-refractivity contribution in [3.8, 4) is 0 Å². The van der Waals surface area contributed by atoms with Gasteiger partial charge in [-0.05, 0) is 25.7 Å². The number of hydrogen-bond acceptors (Lipinski definition) is 0. The van der Waals surface area contributed by atoms with Crippen LogP contribution in [0.25, 0.3) is 0 Å². The number of hydrogen-bond donors (Lipinski definition) is 0. The first-order chi connectivity index (χ1) is 4.00. The zero-order valence-electron chi connectivity index (χ0n) is 7.45. The second-order valence-electron chi connectivity index (χ2n) is 2.10. The van der Waals surface area contributed by atoms with Crippen LogP contribution in [0.4, 0.5) is 0 Å². The Balaban J connectivity index is -0.000000213. The maximum atomic E-state index is 2.27. The van der Waals surface area contributed by atoms with E-state index in [0.717, 1.165) is 0 Å². The van der Waals surface area contributed by atoms with E-state index in [1.54, 1.807) is 0 Å². The number of rotatable bonds is 0. The first kappa shape index (κ1) is 17.3. The Morgan fingerprint density at radius 3 is 0.909 bits per heavy atom. The third-order valence-corrected chi connectivity index (χ3v) is 1.33. The summed E-state index contributed by atoms with van der Waals surface area (Å²) in [6, 6.07) is 0. The first-order valence-electron chi connectivity index (χ1n) is 3.30. The zero-order valence-corrected chi connectivity index (χ0v) is 9.73. The second kappa shape index (κ2) is 12.8. The van der Waals surface area contributed by atoms with E-state index in [4.69, 9.17) is 0 Å². The third kappa shape index (κ3) is 10.2. The van der Waals surface area contributed by atoms with Gasteiger partial charge in [0, 0.05) is 0 Å². The molecule has 0 aromatic rings. The van der Waals surface area contributed by atoms with Gasteiger partial charge in [-0.2, -0.15) is 0 Å². The van der Waals surface area contributed by atoms with Crippen LogP contribution in [0.3, 0.4) is 0 Å². The maximum Gasteiger partial charge on any atom is 2.00 e. The minimum absolute atomic E-state index is 0. The summed E-state index contributed by atoms with van der Waals surface area (Å²) in [5.41, 5.74) is 0. The number of allylic oxidation sites excluding steroid dienone is 4. The van der Waals surface area contributed by atoms with Crippen molar-refractivity contribution in [2.45, 2.75) is 25.7 Å². The van der Waals surface area contributed by atoms with E-state index < -0.39 is 0 Å². The Morgan fingerprint density at radius 2 is 0.727 bits per heavy atom. The molecule has 0 saturated carbocycles. The van der Waals surface area contributed by atoms with Crippen LogP contribution in [0.5, 0.6) is 0 Å². The summed E-state index contributed by atoms with van der Waals surface area (Å²) in [5, 5.41) is 0. The van der Waals surface area contributed by atoms with Crippen LogP contribution in [-0.2, 0) is 21.1 Å². The van der Waals surface area contributed by atoms with Gasteiger partial charge in [-0.15, -0.1) is 0 Å². The Kier molecular flexibility index (Phi) is 20.2. The summed E-state index contributed by atoms with van der Waals surface area (Å²) in [4.78, 5) is 0. The molecule has 1 aliphatic carbocycles. The van der Waals surface area contributed by atoms with E-state index in [2.05, 4.69) is 24.3 Å². The second-order valence-corrected chi connectivity index (χ2v) is 2.10. The van der Waals surface area contributed by atoms with E-state index >= 15 is 0 Å². The molecule has 0 unspecified atom stereocenters. The summed E-state index contributed by atoms with van der Waals surface area (Å²) in [5.74, 6) is 0. The predicted octanol–water partition coefficient (Wildman–Crippen LogP) is 3.57. The fourth-order valence-electron chi connectivity index (χ4n) is 0.856. The molecule has 0 aromatic heterocycles. The molecule has 0 aliphatic heterocycles. The van der Waals surface area contributed by atoms with Gasteiger partial charge in [-0.1, -0.05) is 24.3 Å². The SMILES string of the molecule is C1=CCC/C=C\CC1.[CH3-].[CH3-].[Pt+2]. The Hall–Kier alpha value is 0.168. The van der Waals surface area contributed by atoms with Crippen molar-refractivity contribution in [1.82, 2.24) is 0 Å². The minimum atomic E-state index is 0. The smallest absolute Gasteiger partial charge is 0.358 e. The predicted molar refractivity (Wildman–Crippen MR) is 49.6 cm³/mol. The van der Waals surface area contributed by atoms with E-state index in [1.165, 1.54) is 25.7 Å². The Labute approximate surface area is 86.0 Å². The first-order valence-corrected chi connectivity index (χ1v) is 3.30. The Bertz CT molecular complexity index is 77.4. The standard InChI is InChI=1S/C8H12.2CH3.Pt/c1-2-4-6-8-7-5-3-1;;;/h1-2,7-8H,3-6H2;2*1H3;/q;2*-1;+2/b2-1-,8-7?;;;. The van der Waals surface area contributed by atoms with Crippen LogP contribution < -0.4 is 0 Å². The quantitative estimate of drug-likeness (QED) is 0.470. The molecule has 68 valence electrons. The van der Waals surface area contributed by atoms with E-state index in [-0.39, 0.29) is 35.9 Å². The van der Waals surface area contributed by atoms with Gasteiger partial charge in [0.1, 0.15) is 0 Å². The average Bonchev–Trinajstić information content (AvgIpc) is 1.62. The van der Waals surface area contributed by atoms with Crippen molar-refractivity contribution in [2.75, 3.05) is 0 Å². The summed E-state index contributed by atoms with van der Waals surface area (Å²) >= 11 is 0. The van der Waals surface area contributed by atoms with Crippen LogP contribution in [0.15, 0.2) is 24.3 Å². The van der Waals surface area contributed by atoms with Gasteiger partial charge >= 0.3 is 21.1 Å². The zero-order chi connectivity index (χ0) is 5.66. The van der Waals surface area contributed by atoms with Crippen molar-refractivity contribution in [3.63, 3.8) is 0 Å². The largest absolute Gasteiger partial charge is 2.00 e. The van der Waals surface area contributed by atoms with Gasteiger partial charge in [0.05, 0.1) is 0 Å². The van der Waals surface area contributed by atoms with Crippen molar-refractivity contribution in [2.24, 2.45) is 0 Å². The van der Waals surface area contributed by atoms with E-state index in [1.807, 2.05) is 0 Å². The monoisotopic (exact) mass is 333 g/mol. The molecular formula is C10H18Pt. The van der Waals surface area contributed by atoms with Crippen molar-refractivity contribution in [3.05, 3.63) is 39.2 Å². The summed E-state index contributed by atoms with van der Waals surface area (Å²) < 4.78 is 0. The van der Waals surface area contributed by atoms with Gasteiger partial charge in [0.25, 0.3) is 0 Å². The molecule has 1 aliphatic rings. The molecule has 0 N–H and O–H groups in total. The van der Waals surface area contributed by atoms with Crippen LogP contribution in [0.2, 0.25) is 0 Å². The van der Waals surface area contributed by atoms with E-state index in [9.17, 15) is 0 Å². The summed E-state index contributed by atoms with van der Waals surface area (Å²) in [6.07, 6.45) is 14.0. The van der Waals surface area contributed by atoms with Crippen LogP contribution in [-0.4, -0.2) is 0 Å². The molecule has 0 amide bonds. The molecule has 11 heavy (non-hydrogen) atoms. The molecule has 0 atom stereocenters. The van der Waals surface area contributed by atoms with Gasteiger partial charge in [-0.25, -0.2) is 0 Å². The average molecular weight is 333 g/mol. The minimum Gasteiger partial charge on any atom is -0.358 e. The van der Waals surface area contributed by atoms with Gasteiger partial charge in [0.15, 0.2) is 0 Å². The fourth-order valence-corrected chi connectivity index (χ4v) is 0.856. The van der Waals surface area contributed by atoms with E-state index in [0.29, 0.717) is 0 Å². The molecule has 0 nitrogen and oxygen atoms in total. The van der Waals surface area contributed by atoms with Crippen molar-refractivity contribution in [1.29, 1.82) is 0 Å². The van der Waals surface area contributed by atoms with Gasteiger partial charge < -0.3 is 14.9 Å². The van der Waals surface area contributed by atoms with Crippen LogP contribution in [0, 0.1) is 14.9 Å². The summed E-state index contributed by atoms with van der Waals surface area (Å²) in [7, 11) is 0. The maximum absolute atomic E-state index is 2.27. The molecule has 0 fully saturated rings. The van der Waals surface area contributed by atoms with Gasteiger partial charge in [0.2, 0.25) is 0 Å². The third-order valence-electron chi connectivity index (χ3n) is 1.33. The molecule has 0 saturated heterocycles. The van der Waals surface area contributed by atoms with Crippen molar-refractivity contribution < 1.29 is 21.1 Å². The molecular weight excluding hydrogens is 315 g/mol. The molecule has 0 spiro atoms. The van der Waals surface area contributed by atoms with Crippen LogP contribution >= 0.6 is 0 Å².